The van der Waals surface area contributed by atoms with Crippen LogP contribution in [0.2, 0.25) is 0 Å². The smallest absolute Gasteiger partial charge is 0.308 e. The first-order chi connectivity index (χ1) is 9.88. The summed E-state index contributed by atoms with van der Waals surface area (Å²) >= 11 is 5.01. The van der Waals surface area contributed by atoms with Gasteiger partial charge in [0, 0.05) is 22.5 Å². The maximum atomic E-state index is 12.2. The van der Waals surface area contributed by atoms with E-state index >= 15 is 0 Å². The third kappa shape index (κ3) is 4.01. The topological polar surface area (TPSA) is 57.6 Å². The number of carbonyl (C=O) groups excluding carboxylic acids is 1. The lowest BCUT2D eigenvalue weighted by Crippen LogP contribution is -2.31. The predicted octanol–water partition coefficient (Wildman–Crippen LogP) is 3.09. The van der Waals surface area contributed by atoms with Gasteiger partial charge in [-0.05, 0) is 43.5 Å². The first kappa shape index (κ1) is 16.4. The number of thioether (sulfide) groups is 1. The molecule has 4 nitrogen and oxygen atoms in total. The van der Waals surface area contributed by atoms with Crippen LogP contribution >= 0.6 is 27.7 Å². The van der Waals surface area contributed by atoms with Gasteiger partial charge in [0.05, 0.1) is 11.7 Å². The summed E-state index contributed by atoms with van der Waals surface area (Å²) in [6.07, 6.45) is 0.558. The highest BCUT2D eigenvalue weighted by Gasteiger charge is 2.30. The number of amides is 1. The lowest BCUT2D eigenvalue weighted by Gasteiger charge is -2.16. The van der Waals surface area contributed by atoms with E-state index in [-0.39, 0.29) is 5.91 Å². The van der Waals surface area contributed by atoms with Crippen LogP contribution in [0.1, 0.15) is 17.5 Å². The number of carboxylic acids is 1. The number of aliphatic carboxylic acids is 1. The van der Waals surface area contributed by atoms with Crippen molar-refractivity contribution < 1.29 is 14.7 Å². The molecule has 6 heteroatoms. The lowest BCUT2D eigenvalue weighted by molar-refractivity contribution is -0.141. The van der Waals surface area contributed by atoms with Crippen molar-refractivity contribution in [1.82, 2.24) is 4.90 Å². The molecule has 1 unspecified atom stereocenters. The van der Waals surface area contributed by atoms with Crippen molar-refractivity contribution in [2.75, 3.05) is 18.8 Å². The standard InChI is InChI=1S/C15H18BrNO3S/c1-9-6-13(10(2)5-12(9)16)21-8-14(18)17-4-3-11(7-17)15(19)20/h5-6,11H,3-4,7-8H2,1-2H3,(H,19,20). The van der Waals surface area contributed by atoms with Gasteiger partial charge in [0.1, 0.15) is 0 Å². The highest BCUT2D eigenvalue weighted by Crippen LogP contribution is 2.29. The number of halogens is 1. The van der Waals surface area contributed by atoms with Crippen LogP contribution in [0, 0.1) is 19.8 Å². The Morgan fingerprint density at radius 2 is 2.10 bits per heavy atom. The zero-order valence-electron chi connectivity index (χ0n) is 12.1. The highest BCUT2D eigenvalue weighted by molar-refractivity contribution is 9.10. The van der Waals surface area contributed by atoms with Gasteiger partial charge in [0.2, 0.25) is 5.91 Å². The van der Waals surface area contributed by atoms with Gasteiger partial charge >= 0.3 is 5.97 Å². The molecular formula is C15H18BrNO3S. The Hall–Kier alpha value is -1.01. The van der Waals surface area contributed by atoms with E-state index in [9.17, 15) is 9.59 Å². The predicted molar refractivity (Wildman–Crippen MR) is 86.7 cm³/mol. The first-order valence-electron chi connectivity index (χ1n) is 6.78. The van der Waals surface area contributed by atoms with E-state index in [1.807, 2.05) is 13.8 Å². The molecule has 2 rings (SSSR count). The van der Waals surface area contributed by atoms with E-state index in [1.54, 1.807) is 4.90 Å². The summed E-state index contributed by atoms with van der Waals surface area (Å²) in [6.45, 7) is 4.93. The molecule has 1 aliphatic heterocycles. The average molecular weight is 372 g/mol. The summed E-state index contributed by atoms with van der Waals surface area (Å²) in [5.74, 6) is -0.842. The lowest BCUT2D eigenvalue weighted by atomic mass is 10.1. The number of benzene rings is 1. The van der Waals surface area contributed by atoms with E-state index in [0.717, 1.165) is 20.5 Å². The fourth-order valence-electron chi connectivity index (χ4n) is 2.33. The van der Waals surface area contributed by atoms with Gasteiger partial charge in [-0.25, -0.2) is 0 Å². The monoisotopic (exact) mass is 371 g/mol. The van der Waals surface area contributed by atoms with E-state index in [4.69, 9.17) is 5.11 Å². The minimum Gasteiger partial charge on any atom is -0.481 e. The minimum absolute atomic E-state index is 0.0173. The molecule has 1 aromatic rings. The summed E-state index contributed by atoms with van der Waals surface area (Å²) in [5.41, 5.74) is 2.28. The van der Waals surface area contributed by atoms with Gasteiger partial charge in [0.15, 0.2) is 0 Å². The fraction of sp³-hybridized carbons (Fsp3) is 0.467. The molecule has 1 atom stereocenters. The Balaban J connectivity index is 1.93. The van der Waals surface area contributed by atoms with Gasteiger partial charge in [-0.15, -0.1) is 11.8 Å². The Morgan fingerprint density at radius 1 is 1.38 bits per heavy atom. The number of hydrogen-bond acceptors (Lipinski definition) is 3. The molecule has 0 spiro atoms. The molecule has 1 fully saturated rings. The Morgan fingerprint density at radius 3 is 2.71 bits per heavy atom. The van der Waals surface area contributed by atoms with Crippen molar-refractivity contribution in [2.24, 2.45) is 5.92 Å². The van der Waals surface area contributed by atoms with Crippen molar-refractivity contribution in [3.63, 3.8) is 0 Å². The molecule has 1 aromatic carbocycles. The van der Waals surface area contributed by atoms with E-state index < -0.39 is 11.9 Å². The molecule has 1 heterocycles. The van der Waals surface area contributed by atoms with E-state index in [2.05, 4.69) is 28.1 Å². The van der Waals surface area contributed by atoms with Crippen LogP contribution in [0.4, 0.5) is 0 Å². The van der Waals surface area contributed by atoms with Crippen LogP contribution in [0.25, 0.3) is 0 Å². The van der Waals surface area contributed by atoms with Crippen molar-refractivity contribution in [1.29, 1.82) is 0 Å². The molecule has 0 aromatic heterocycles. The van der Waals surface area contributed by atoms with Crippen molar-refractivity contribution in [3.8, 4) is 0 Å². The summed E-state index contributed by atoms with van der Waals surface area (Å²) in [4.78, 5) is 25.8. The van der Waals surface area contributed by atoms with Gasteiger partial charge in [-0.1, -0.05) is 15.9 Å². The Kier molecular flexibility index (Phi) is 5.32. The second kappa shape index (κ2) is 6.83. The number of carbonyl (C=O) groups is 2. The van der Waals surface area contributed by atoms with Crippen LogP contribution in [-0.4, -0.2) is 40.7 Å². The molecule has 0 aliphatic carbocycles. The molecule has 1 aliphatic rings. The quantitative estimate of drug-likeness (QED) is 0.826. The molecule has 1 amide bonds. The molecule has 0 saturated carbocycles. The van der Waals surface area contributed by atoms with Crippen LogP contribution in [0.15, 0.2) is 21.5 Å². The molecule has 0 radical (unpaired) electrons. The summed E-state index contributed by atoms with van der Waals surface area (Å²) in [5, 5.41) is 8.97. The molecular weight excluding hydrogens is 354 g/mol. The normalized spacial score (nSPS) is 18.0. The third-order valence-corrected chi connectivity index (χ3v) is 5.69. The molecule has 21 heavy (non-hydrogen) atoms. The van der Waals surface area contributed by atoms with Crippen molar-refractivity contribution >= 4 is 39.6 Å². The Labute approximate surface area is 137 Å². The van der Waals surface area contributed by atoms with Gasteiger partial charge < -0.3 is 10.0 Å². The maximum absolute atomic E-state index is 12.2. The SMILES string of the molecule is Cc1cc(SCC(=O)N2CCC(C(=O)O)C2)c(C)cc1Br. The largest absolute Gasteiger partial charge is 0.481 e. The van der Waals surface area contributed by atoms with Gasteiger partial charge in [0.25, 0.3) is 0 Å². The number of rotatable bonds is 4. The number of carboxylic acid groups (broad SMARTS) is 1. The van der Waals surface area contributed by atoms with Crippen molar-refractivity contribution in [3.05, 3.63) is 27.7 Å². The van der Waals surface area contributed by atoms with Gasteiger partial charge in [-0.2, -0.15) is 0 Å². The second-order valence-electron chi connectivity index (χ2n) is 5.32. The zero-order valence-corrected chi connectivity index (χ0v) is 14.5. The number of aryl methyl sites for hydroxylation is 2. The maximum Gasteiger partial charge on any atom is 0.308 e. The average Bonchev–Trinajstić information content (AvgIpc) is 2.91. The van der Waals surface area contributed by atoms with Crippen LogP contribution in [0.3, 0.4) is 0 Å². The van der Waals surface area contributed by atoms with E-state index in [0.29, 0.717) is 25.3 Å². The fourth-order valence-corrected chi connectivity index (χ4v) is 3.80. The first-order valence-corrected chi connectivity index (χ1v) is 8.56. The summed E-state index contributed by atoms with van der Waals surface area (Å²) in [7, 11) is 0. The number of nitrogens with zero attached hydrogens (tertiary/aromatic N) is 1. The second-order valence-corrected chi connectivity index (χ2v) is 7.19. The minimum atomic E-state index is -0.808. The third-order valence-electron chi connectivity index (χ3n) is 3.70. The number of hydrogen-bond donors (Lipinski definition) is 1. The molecule has 0 bridgehead atoms. The van der Waals surface area contributed by atoms with E-state index in [1.165, 1.54) is 11.8 Å². The summed E-state index contributed by atoms with van der Waals surface area (Å²) in [6, 6.07) is 4.12. The highest BCUT2D eigenvalue weighted by atomic mass is 79.9. The van der Waals surface area contributed by atoms with Crippen LogP contribution < -0.4 is 0 Å². The van der Waals surface area contributed by atoms with Crippen molar-refractivity contribution in [2.45, 2.75) is 25.2 Å². The molecule has 1 N–H and O–H groups in total. The van der Waals surface area contributed by atoms with Crippen LogP contribution in [0.5, 0.6) is 0 Å². The molecule has 114 valence electrons. The molecule has 1 saturated heterocycles. The zero-order chi connectivity index (χ0) is 15.6. The summed E-state index contributed by atoms with van der Waals surface area (Å²) < 4.78 is 1.07. The van der Waals surface area contributed by atoms with Crippen LogP contribution in [-0.2, 0) is 9.59 Å². The van der Waals surface area contributed by atoms with Gasteiger partial charge in [-0.3, -0.25) is 9.59 Å². The Bertz CT molecular complexity index is 576. The number of likely N-dealkylation sites (tertiary alicyclic amines) is 1.